The molecule has 3 aromatic heterocycles. The first-order valence-corrected chi connectivity index (χ1v) is 12.4. The zero-order valence-corrected chi connectivity index (χ0v) is 21.2. The number of aromatic nitrogens is 4. The number of aryl methyl sites for hydroxylation is 1. The monoisotopic (exact) mass is 550 g/mol. The van der Waals surface area contributed by atoms with Crippen LogP contribution >= 0.6 is 0 Å². The summed E-state index contributed by atoms with van der Waals surface area (Å²) in [6.07, 6.45) is 0.521. The smallest absolute Gasteiger partial charge is 0.475 e. The summed E-state index contributed by atoms with van der Waals surface area (Å²) in [6, 6.07) is 6.04. The number of nitrogens with one attached hydrogen (secondary N) is 3. The fourth-order valence-electron chi connectivity index (χ4n) is 4.13. The molecule has 12 nitrogen and oxygen atoms in total. The topological polar surface area (TPSA) is 146 Å². The van der Waals surface area contributed by atoms with Crippen molar-refractivity contribution in [2.75, 3.05) is 54.9 Å². The number of hydrogen-bond donors (Lipinski definition) is 4. The van der Waals surface area contributed by atoms with Crippen molar-refractivity contribution in [1.82, 2.24) is 24.9 Å². The first kappa shape index (κ1) is 28.0. The van der Waals surface area contributed by atoms with Gasteiger partial charge in [-0.2, -0.15) is 18.3 Å². The number of morpholine rings is 1. The molecule has 0 radical (unpaired) electrons. The molecule has 1 amide bonds. The van der Waals surface area contributed by atoms with Crippen LogP contribution in [0, 0.1) is 6.92 Å². The number of halogens is 3. The second-order valence-electron chi connectivity index (χ2n) is 8.99. The molecule has 0 unspecified atom stereocenters. The van der Waals surface area contributed by atoms with Gasteiger partial charge in [0.15, 0.2) is 5.65 Å². The molecule has 210 valence electrons. The van der Waals surface area contributed by atoms with Crippen molar-refractivity contribution in [3.05, 3.63) is 41.9 Å². The van der Waals surface area contributed by atoms with E-state index in [1.165, 1.54) is 0 Å². The minimum absolute atomic E-state index is 0.256. The molecule has 5 heterocycles. The Labute approximate surface area is 221 Å². The lowest BCUT2D eigenvalue weighted by Crippen LogP contribution is -2.38. The maximum Gasteiger partial charge on any atom is 0.490 e. The largest absolute Gasteiger partial charge is 0.490 e. The number of nitrogens with zero attached hydrogens (tertiary/aromatic N) is 5. The van der Waals surface area contributed by atoms with Crippen LogP contribution in [-0.2, 0) is 9.53 Å². The summed E-state index contributed by atoms with van der Waals surface area (Å²) in [5.41, 5.74) is 2.38. The normalized spacial score (nSPS) is 17.7. The molecule has 0 bridgehead atoms. The number of anilines is 3. The van der Waals surface area contributed by atoms with Gasteiger partial charge in [0.1, 0.15) is 17.2 Å². The SMILES string of the molecule is Cc1nc(N2CCOCC2)ccc1NC(=O)c1cnn2ccc(N[C@@H]3CCCNC3)nc12.O=C(O)C(F)(F)F. The second kappa shape index (κ2) is 12.3. The molecular formula is C24H29F3N8O4. The Morgan fingerprint density at radius 2 is 1.92 bits per heavy atom. The molecule has 0 aromatic carbocycles. The van der Waals surface area contributed by atoms with E-state index in [1.54, 1.807) is 10.7 Å². The highest BCUT2D eigenvalue weighted by Gasteiger charge is 2.38. The minimum atomic E-state index is -5.08. The Morgan fingerprint density at radius 3 is 2.56 bits per heavy atom. The number of amides is 1. The van der Waals surface area contributed by atoms with Crippen LogP contribution in [0.15, 0.2) is 30.6 Å². The van der Waals surface area contributed by atoms with Crippen molar-refractivity contribution < 1.29 is 32.6 Å². The van der Waals surface area contributed by atoms with E-state index in [0.29, 0.717) is 36.2 Å². The lowest BCUT2D eigenvalue weighted by atomic mass is 10.1. The number of aliphatic carboxylic acids is 1. The summed E-state index contributed by atoms with van der Waals surface area (Å²) in [6.45, 7) is 6.91. The Balaban J connectivity index is 0.000000448. The summed E-state index contributed by atoms with van der Waals surface area (Å²) in [4.78, 5) is 33.5. The van der Waals surface area contributed by atoms with Gasteiger partial charge in [-0.1, -0.05) is 0 Å². The van der Waals surface area contributed by atoms with Gasteiger partial charge in [0.05, 0.1) is 30.8 Å². The fourth-order valence-corrected chi connectivity index (χ4v) is 4.13. The van der Waals surface area contributed by atoms with Gasteiger partial charge < -0.3 is 30.7 Å². The van der Waals surface area contributed by atoms with E-state index in [0.717, 1.165) is 56.4 Å². The summed E-state index contributed by atoms with van der Waals surface area (Å²) >= 11 is 0. The van der Waals surface area contributed by atoms with Gasteiger partial charge in [-0.25, -0.2) is 19.3 Å². The molecule has 0 saturated carbocycles. The van der Waals surface area contributed by atoms with E-state index in [1.807, 2.05) is 31.3 Å². The molecule has 0 spiro atoms. The number of carbonyl (C=O) groups excluding carboxylic acids is 1. The third-order valence-corrected chi connectivity index (χ3v) is 6.16. The predicted octanol–water partition coefficient (Wildman–Crippen LogP) is 2.32. The third-order valence-electron chi connectivity index (χ3n) is 6.16. The van der Waals surface area contributed by atoms with E-state index >= 15 is 0 Å². The lowest BCUT2D eigenvalue weighted by molar-refractivity contribution is -0.192. The van der Waals surface area contributed by atoms with Crippen LogP contribution in [0.5, 0.6) is 0 Å². The molecule has 4 N–H and O–H groups in total. The number of fused-ring (bicyclic) bond motifs is 1. The van der Waals surface area contributed by atoms with Crippen molar-refractivity contribution in [3.63, 3.8) is 0 Å². The number of carbonyl (C=O) groups is 2. The van der Waals surface area contributed by atoms with Gasteiger partial charge in [0.25, 0.3) is 5.91 Å². The van der Waals surface area contributed by atoms with E-state index < -0.39 is 12.1 Å². The van der Waals surface area contributed by atoms with E-state index in [2.05, 4.69) is 35.9 Å². The van der Waals surface area contributed by atoms with Gasteiger partial charge in [0.2, 0.25) is 0 Å². The number of ether oxygens (including phenoxy) is 1. The average molecular weight is 551 g/mol. The number of hydrogen-bond acceptors (Lipinski definition) is 9. The van der Waals surface area contributed by atoms with Gasteiger partial charge in [0, 0.05) is 31.9 Å². The molecule has 2 aliphatic rings. The van der Waals surface area contributed by atoms with Crippen molar-refractivity contribution in [1.29, 1.82) is 0 Å². The lowest BCUT2D eigenvalue weighted by Gasteiger charge is -2.28. The number of alkyl halides is 3. The molecule has 2 fully saturated rings. The molecule has 3 aromatic rings. The summed E-state index contributed by atoms with van der Waals surface area (Å²) in [7, 11) is 0. The standard InChI is InChI=1S/C22H28N8O2.C2HF3O2/c1-15-18(4-5-20(25-15)29-9-11-32-12-10-29)27-22(31)17-14-24-30-8-6-19(28-21(17)30)26-16-3-2-7-23-13-16;3-2(4,5)1(6)7/h4-6,8,14,16,23H,2-3,7,9-13H2,1H3,(H,26,28)(H,27,31);(H,6,7)/t16-;/m1./s1. The Kier molecular flexibility index (Phi) is 8.81. The molecule has 5 rings (SSSR count). The Morgan fingerprint density at radius 1 is 1.18 bits per heavy atom. The molecule has 39 heavy (non-hydrogen) atoms. The number of piperidine rings is 1. The number of carboxylic acids is 1. The fraction of sp³-hybridized carbons (Fsp3) is 0.458. The first-order valence-electron chi connectivity index (χ1n) is 12.4. The van der Waals surface area contributed by atoms with Gasteiger partial charge >= 0.3 is 12.1 Å². The minimum Gasteiger partial charge on any atom is -0.475 e. The molecule has 2 saturated heterocycles. The van der Waals surface area contributed by atoms with Crippen molar-refractivity contribution >= 4 is 34.8 Å². The molecule has 0 aliphatic carbocycles. The van der Waals surface area contributed by atoms with Crippen LogP contribution in [0.4, 0.5) is 30.5 Å². The molecule has 2 aliphatic heterocycles. The molecular weight excluding hydrogens is 521 g/mol. The van der Waals surface area contributed by atoms with Crippen LogP contribution < -0.4 is 20.9 Å². The number of rotatable bonds is 5. The zero-order valence-electron chi connectivity index (χ0n) is 21.2. The van der Waals surface area contributed by atoms with Gasteiger partial charge in [-0.05, 0) is 44.5 Å². The summed E-state index contributed by atoms with van der Waals surface area (Å²) in [5.74, 6) is -1.37. The third kappa shape index (κ3) is 7.32. The van der Waals surface area contributed by atoms with Crippen LogP contribution in [-0.4, -0.2) is 88.2 Å². The first-order chi connectivity index (χ1) is 18.6. The van der Waals surface area contributed by atoms with Crippen LogP contribution in [0.25, 0.3) is 5.65 Å². The molecule has 15 heteroatoms. The van der Waals surface area contributed by atoms with Crippen molar-refractivity contribution in [3.8, 4) is 0 Å². The maximum atomic E-state index is 13.0. The summed E-state index contributed by atoms with van der Waals surface area (Å²) < 4.78 is 38.8. The van der Waals surface area contributed by atoms with Gasteiger partial charge in [-0.3, -0.25) is 4.79 Å². The van der Waals surface area contributed by atoms with Crippen molar-refractivity contribution in [2.45, 2.75) is 32.0 Å². The van der Waals surface area contributed by atoms with Crippen LogP contribution in [0.3, 0.4) is 0 Å². The van der Waals surface area contributed by atoms with E-state index in [-0.39, 0.29) is 5.91 Å². The zero-order chi connectivity index (χ0) is 28.0. The van der Waals surface area contributed by atoms with Crippen LogP contribution in [0.2, 0.25) is 0 Å². The Bertz CT molecular complexity index is 1300. The number of pyridine rings is 1. The quantitative estimate of drug-likeness (QED) is 0.373. The summed E-state index contributed by atoms with van der Waals surface area (Å²) in [5, 5.41) is 21.2. The van der Waals surface area contributed by atoms with Crippen LogP contribution in [0.1, 0.15) is 28.9 Å². The predicted molar refractivity (Wildman–Crippen MR) is 136 cm³/mol. The maximum absolute atomic E-state index is 13.0. The Hall–Kier alpha value is -3.98. The second-order valence-corrected chi connectivity index (χ2v) is 8.99. The highest BCUT2D eigenvalue weighted by Crippen LogP contribution is 2.21. The molecule has 1 atom stereocenters. The van der Waals surface area contributed by atoms with E-state index in [9.17, 15) is 18.0 Å². The number of carboxylic acid groups (broad SMARTS) is 1. The van der Waals surface area contributed by atoms with E-state index in [4.69, 9.17) is 14.6 Å². The highest BCUT2D eigenvalue weighted by molar-refractivity contribution is 6.08. The van der Waals surface area contributed by atoms with Gasteiger partial charge in [-0.15, -0.1) is 0 Å². The van der Waals surface area contributed by atoms with Crippen molar-refractivity contribution in [2.24, 2.45) is 0 Å². The average Bonchev–Trinajstić information content (AvgIpc) is 3.34. The highest BCUT2D eigenvalue weighted by atomic mass is 19.4.